The molecule has 6 heteroatoms. The summed E-state index contributed by atoms with van der Waals surface area (Å²) >= 11 is 0. The highest BCUT2D eigenvalue weighted by Gasteiger charge is 2.66. The molecule has 8 aliphatic carbocycles. The quantitative estimate of drug-likeness (QED) is 0.211. The molecule has 0 N–H and O–H groups in total. The first-order chi connectivity index (χ1) is 24.2. The zero-order valence-electron chi connectivity index (χ0n) is 32.1. The summed E-state index contributed by atoms with van der Waals surface area (Å²) in [6.45, 7) is 18.6. The highest BCUT2D eigenvalue weighted by Crippen LogP contribution is 2.68. The van der Waals surface area contributed by atoms with E-state index in [2.05, 4.69) is 70.7 Å². The van der Waals surface area contributed by atoms with E-state index >= 15 is 0 Å². The highest BCUT2D eigenvalue weighted by molar-refractivity contribution is 5.67. The standard InChI is InChI=1S/C23H32O4.C22H30O2/c1-15(24)27-17-6-9-21(2)16(14-17)4-5-18-19(21)7-10-22(3)20(18)8-11-23(22)25-12-13-26-23;1-14-5-8-19-18-7-6-16-13-17(24-15(2)23)9-11-22(16,4)20(18)10-12-21(14,19)3/h4,6,9,17-20H,5,7-8,10-14H2,1-3H3;6,9,11,17-20H,1,5,7-8,10,12-13H2,2-4H3/t17-,18+,19-,20-,21-,22-;17-,18-,19-,20-,21+,22-/m00/s1. The van der Waals surface area contributed by atoms with Gasteiger partial charge in [-0.2, -0.15) is 0 Å². The Morgan fingerprint density at radius 3 is 1.76 bits per heavy atom. The number of rotatable bonds is 2. The summed E-state index contributed by atoms with van der Waals surface area (Å²) in [5.41, 5.74) is 5.26. The number of fused-ring (bicyclic) bond motifs is 11. The first-order valence-corrected chi connectivity index (χ1v) is 20.3. The molecule has 1 aliphatic heterocycles. The van der Waals surface area contributed by atoms with E-state index in [0.29, 0.717) is 23.2 Å². The lowest BCUT2D eigenvalue weighted by molar-refractivity contribution is -0.241. The Kier molecular flexibility index (Phi) is 8.77. The predicted molar refractivity (Wildman–Crippen MR) is 198 cm³/mol. The molecule has 9 rings (SSSR count). The van der Waals surface area contributed by atoms with Crippen LogP contribution >= 0.6 is 0 Å². The van der Waals surface area contributed by atoms with Gasteiger partial charge in [-0.3, -0.25) is 9.59 Å². The van der Waals surface area contributed by atoms with Crippen molar-refractivity contribution in [3.05, 3.63) is 59.8 Å². The number of allylic oxidation sites excluding steroid dienone is 5. The normalized spacial score (nSPS) is 46.9. The lowest BCUT2D eigenvalue weighted by atomic mass is 9.49. The van der Waals surface area contributed by atoms with E-state index < -0.39 is 0 Å². The average molecular weight is 699 g/mol. The lowest BCUT2D eigenvalue weighted by Crippen LogP contribution is -2.54. The van der Waals surface area contributed by atoms with Crippen molar-refractivity contribution in [3.63, 3.8) is 0 Å². The fraction of sp³-hybridized carbons (Fsp3) is 0.733. The van der Waals surface area contributed by atoms with Gasteiger partial charge in [0.15, 0.2) is 5.79 Å². The van der Waals surface area contributed by atoms with Gasteiger partial charge in [-0.05, 0) is 111 Å². The molecular formula is C45H62O6. The Balaban J connectivity index is 0.000000148. The topological polar surface area (TPSA) is 71.1 Å². The third-order valence-corrected chi connectivity index (χ3v) is 16.6. The van der Waals surface area contributed by atoms with Crippen LogP contribution in [0.1, 0.15) is 119 Å². The van der Waals surface area contributed by atoms with Crippen molar-refractivity contribution in [3.8, 4) is 0 Å². The van der Waals surface area contributed by atoms with Crippen molar-refractivity contribution < 1.29 is 28.5 Å². The Hall–Kier alpha value is -2.44. The maximum Gasteiger partial charge on any atom is 0.303 e. The molecular weight excluding hydrogens is 636 g/mol. The summed E-state index contributed by atoms with van der Waals surface area (Å²) in [6, 6.07) is 0. The Morgan fingerprint density at radius 2 is 1.22 bits per heavy atom. The molecule has 0 radical (unpaired) electrons. The smallest absolute Gasteiger partial charge is 0.303 e. The fourth-order valence-corrected chi connectivity index (χ4v) is 13.8. The fourth-order valence-electron chi connectivity index (χ4n) is 13.8. The zero-order valence-corrected chi connectivity index (χ0v) is 32.1. The van der Waals surface area contributed by atoms with E-state index in [-0.39, 0.29) is 46.2 Å². The molecule has 0 aromatic heterocycles. The Morgan fingerprint density at radius 1 is 0.706 bits per heavy atom. The monoisotopic (exact) mass is 698 g/mol. The summed E-state index contributed by atoms with van der Waals surface area (Å²) < 4.78 is 23.4. The van der Waals surface area contributed by atoms with Crippen LogP contribution in [-0.4, -0.2) is 43.1 Å². The van der Waals surface area contributed by atoms with Crippen molar-refractivity contribution in [2.45, 2.75) is 137 Å². The molecule has 5 fully saturated rings. The van der Waals surface area contributed by atoms with Crippen LogP contribution in [0.5, 0.6) is 0 Å². The van der Waals surface area contributed by atoms with Crippen LogP contribution in [0.15, 0.2) is 59.8 Å². The molecule has 0 amide bonds. The highest BCUT2D eigenvalue weighted by atomic mass is 16.7. The van der Waals surface area contributed by atoms with Gasteiger partial charge < -0.3 is 18.9 Å². The van der Waals surface area contributed by atoms with E-state index in [1.54, 1.807) is 0 Å². The summed E-state index contributed by atoms with van der Waals surface area (Å²) in [5.74, 6) is 3.66. The lowest BCUT2D eigenvalue weighted by Gasteiger charge is -2.57. The van der Waals surface area contributed by atoms with Crippen molar-refractivity contribution >= 4 is 11.9 Å². The second-order valence-corrected chi connectivity index (χ2v) is 18.7. The predicted octanol–water partition coefficient (Wildman–Crippen LogP) is 9.61. The van der Waals surface area contributed by atoms with Gasteiger partial charge in [-0.25, -0.2) is 0 Å². The Labute approximate surface area is 306 Å². The van der Waals surface area contributed by atoms with E-state index in [0.717, 1.165) is 56.7 Å². The summed E-state index contributed by atoms with van der Waals surface area (Å²) in [4.78, 5) is 22.7. The molecule has 6 nitrogen and oxygen atoms in total. The third-order valence-electron chi connectivity index (χ3n) is 16.6. The number of carbonyl (C=O) groups excluding carboxylic acids is 2. The van der Waals surface area contributed by atoms with Crippen molar-refractivity contribution in [2.75, 3.05) is 13.2 Å². The van der Waals surface area contributed by atoms with Crippen LogP contribution in [0.25, 0.3) is 0 Å². The maximum atomic E-state index is 11.4. The minimum atomic E-state index is -0.323. The molecule has 1 spiro atoms. The van der Waals surface area contributed by atoms with Crippen LogP contribution in [0.2, 0.25) is 0 Å². The van der Waals surface area contributed by atoms with Crippen LogP contribution in [0, 0.1) is 57.2 Å². The number of ether oxygens (including phenoxy) is 4. The van der Waals surface area contributed by atoms with Crippen molar-refractivity contribution in [1.29, 1.82) is 0 Å². The van der Waals surface area contributed by atoms with E-state index in [1.165, 1.54) is 81.9 Å². The zero-order chi connectivity index (χ0) is 36.0. The van der Waals surface area contributed by atoms with Crippen LogP contribution in [0.3, 0.4) is 0 Å². The average Bonchev–Trinajstić information content (AvgIpc) is 3.77. The molecule has 278 valence electrons. The van der Waals surface area contributed by atoms with Crippen molar-refractivity contribution in [2.24, 2.45) is 57.2 Å². The van der Waals surface area contributed by atoms with Crippen LogP contribution in [-0.2, 0) is 28.5 Å². The van der Waals surface area contributed by atoms with Gasteiger partial charge in [-0.1, -0.05) is 75.3 Å². The molecule has 0 aromatic rings. The van der Waals surface area contributed by atoms with E-state index in [4.69, 9.17) is 18.9 Å². The van der Waals surface area contributed by atoms with Gasteiger partial charge in [0.1, 0.15) is 12.2 Å². The van der Waals surface area contributed by atoms with Gasteiger partial charge in [0.2, 0.25) is 0 Å². The molecule has 51 heavy (non-hydrogen) atoms. The Bertz CT molecular complexity index is 1580. The number of hydrogen-bond donors (Lipinski definition) is 0. The minimum absolute atomic E-state index is 0.0708. The largest absolute Gasteiger partial charge is 0.458 e. The van der Waals surface area contributed by atoms with Crippen molar-refractivity contribution in [1.82, 2.24) is 0 Å². The molecule has 0 unspecified atom stereocenters. The molecule has 0 bridgehead atoms. The first kappa shape index (κ1) is 35.6. The molecule has 12 atom stereocenters. The van der Waals surface area contributed by atoms with E-state index in [1.807, 2.05) is 0 Å². The van der Waals surface area contributed by atoms with Crippen LogP contribution < -0.4 is 0 Å². The summed E-state index contributed by atoms with van der Waals surface area (Å²) in [7, 11) is 0. The van der Waals surface area contributed by atoms with Gasteiger partial charge in [0.05, 0.1) is 13.2 Å². The molecule has 9 aliphatic rings. The third kappa shape index (κ3) is 5.45. The van der Waals surface area contributed by atoms with E-state index in [9.17, 15) is 9.59 Å². The molecule has 1 saturated heterocycles. The van der Waals surface area contributed by atoms with Crippen LogP contribution in [0.4, 0.5) is 0 Å². The molecule has 1 heterocycles. The first-order valence-electron chi connectivity index (χ1n) is 20.3. The summed E-state index contributed by atoms with van der Waals surface area (Å²) in [6.07, 6.45) is 27.7. The van der Waals surface area contributed by atoms with Gasteiger partial charge in [0, 0.05) is 49.4 Å². The van der Waals surface area contributed by atoms with Gasteiger partial charge in [0.25, 0.3) is 0 Å². The second-order valence-electron chi connectivity index (χ2n) is 18.7. The summed E-state index contributed by atoms with van der Waals surface area (Å²) in [5, 5.41) is 0. The molecule has 0 aromatic carbocycles. The number of hydrogen-bond acceptors (Lipinski definition) is 6. The van der Waals surface area contributed by atoms with Gasteiger partial charge >= 0.3 is 11.9 Å². The maximum absolute atomic E-state index is 11.4. The SMILES string of the molecule is C=C1CC[C@H]2[C@@H]3CC=C4C[C@@H](OC(C)=O)C=C[C@]4(C)[C@H]3CC[C@]12C.CC(=O)O[C@H]1C=C[C@@]2(C)C(=CC[C@@H]3[C@@H]2CC[C@@]2(C)[C@H]3CCC23OCCO3)C1. The number of carbonyl (C=O) groups is 2. The second kappa shape index (κ2) is 12.6. The van der Waals surface area contributed by atoms with Gasteiger partial charge in [-0.15, -0.1) is 0 Å². The minimum Gasteiger partial charge on any atom is -0.458 e. The molecule has 4 saturated carbocycles. The number of esters is 2.